The molecule has 6 heteroatoms. The van der Waals surface area contributed by atoms with Crippen LogP contribution in [0.2, 0.25) is 0 Å². The van der Waals surface area contributed by atoms with Crippen molar-refractivity contribution >= 4 is 29.1 Å². The monoisotopic (exact) mass is 337 g/mol. The Balaban J connectivity index is 1.84. The first-order valence-electron chi connectivity index (χ1n) is 8.07. The molecule has 6 nitrogen and oxygen atoms in total. The Bertz CT molecular complexity index is 892. The van der Waals surface area contributed by atoms with Crippen molar-refractivity contribution in [2.45, 2.75) is 25.8 Å². The Labute approximate surface area is 145 Å². The Morgan fingerprint density at radius 3 is 2.88 bits per heavy atom. The zero-order valence-corrected chi connectivity index (χ0v) is 13.9. The molecule has 1 fully saturated rings. The molecule has 0 bridgehead atoms. The van der Waals surface area contributed by atoms with Gasteiger partial charge in [0, 0.05) is 17.8 Å². The molecule has 2 aromatic rings. The van der Waals surface area contributed by atoms with Crippen molar-refractivity contribution in [2.75, 3.05) is 0 Å². The molecule has 0 spiro atoms. The topological polar surface area (TPSA) is 83.7 Å². The second-order valence-corrected chi connectivity index (χ2v) is 5.74. The predicted molar refractivity (Wildman–Crippen MR) is 96.4 cm³/mol. The lowest BCUT2D eigenvalue weighted by Gasteiger charge is -2.01. The molecule has 1 aromatic heterocycles. The van der Waals surface area contributed by atoms with Crippen molar-refractivity contribution < 1.29 is 14.0 Å². The number of carbonyl (C=O) groups is 2. The van der Waals surface area contributed by atoms with Gasteiger partial charge in [-0.05, 0) is 42.2 Å². The van der Waals surface area contributed by atoms with Gasteiger partial charge in [-0.15, -0.1) is 0 Å². The molecule has 1 atom stereocenters. The minimum Gasteiger partial charge on any atom is -0.458 e. The summed E-state index contributed by atoms with van der Waals surface area (Å²) in [6, 6.07) is 6.31. The maximum atomic E-state index is 11.8. The minimum atomic E-state index is -0.782. The van der Waals surface area contributed by atoms with Crippen molar-refractivity contribution in [3.63, 3.8) is 0 Å². The molecule has 25 heavy (non-hydrogen) atoms. The Morgan fingerprint density at radius 2 is 2.20 bits per heavy atom. The third-order valence-corrected chi connectivity index (χ3v) is 3.86. The molecule has 0 radical (unpaired) electrons. The van der Waals surface area contributed by atoms with Crippen LogP contribution >= 0.6 is 0 Å². The van der Waals surface area contributed by atoms with E-state index in [1.165, 1.54) is 0 Å². The molecule has 1 aromatic carbocycles. The first-order chi connectivity index (χ1) is 12.1. The smallest absolute Gasteiger partial charge is 0.322 e. The van der Waals surface area contributed by atoms with E-state index < -0.39 is 18.0 Å². The number of benzene rings is 1. The molecule has 128 valence electrons. The van der Waals surface area contributed by atoms with Crippen LogP contribution in [0.1, 0.15) is 30.7 Å². The lowest BCUT2D eigenvalue weighted by Crippen LogP contribution is -2.22. The summed E-state index contributed by atoms with van der Waals surface area (Å²) in [4.78, 5) is 27.2. The summed E-state index contributed by atoms with van der Waals surface area (Å²) in [6.45, 7) is 5.85. The first kappa shape index (κ1) is 16.7. The number of urea groups is 1. The van der Waals surface area contributed by atoms with E-state index in [9.17, 15) is 9.59 Å². The van der Waals surface area contributed by atoms with Gasteiger partial charge in [0.15, 0.2) is 6.04 Å². The number of imide groups is 1. The van der Waals surface area contributed by atoms with Gasteiger partial charge in [0.05, 0.1) is 0 Å². The van der Waals surface area contributed by atoms with Gasteiger partial charge in [-0.1, -0.05) is 25.6 Å². The highest BCUT2D eigenvalue weighted by atomic mass is 16.3. The van der Waals surface area contributed by atoms with Gasteiger partial charge in [0.1, 0.15) is 11.3 Å². The first-order valence-corrected chi connectivity index (χ1v) is 8.07. The molecule has 3 amide bonds. The lowest BCUT2D eigenvalue weighted by molar-refractivity contribution is -0.120. The number of nitrogens with zero attached hydrogens (tertiary/aromatic N) is 1. The fraction of sp³-hybridized carbons (Fsp3) is 0.211. The van der Waals surface area contributed by atoms with Gasteiger partial charge >= 0.3 is 6.03 Å². The maximum absolute atomic E-state index is 11.8. The molecule has 1 aliphatic heterocycles. The molecule has 0 saturated carbocycles. The number of aliphatic imine (C=N–C) groups is 1. The van der Waals surface area contributed by atoms with E-state index >= 15 is 0 Å². The number of hydrogen-bond acceptors (Lipinski definition) is 4. The van der Waals surface area contributed by atoms with E-state index in [0.717, 1.165) is 22.9 Å². The van der Waals surface area contributed by atoms with Crippen LogP contribution in [0.5, 0.6) is 0 Å². The Hall–Kier alpha value is -3.15. The number of amides is 3. The average Bonchev–Trinajstić information content (AvgIpc) is 3.15. The zero-order valence-electron chi connectivity index (χ0n) is 13.9. The van der Waals surface area contributed by atoms with Crippen molar-refractivity contribution in [1.82, 2.24) is 10.6 Å². The summed E-state index contributed by atoms with van der Waals surface area (Å²) in [6.07, 6.45) is 7.02. The van der Waals surface area contributed by atoms with Gasteiger partial charge < -0.3 is 9.73 Å². The summed E-state index contributed by atoms with van der Waals surface area (Å²) in [5.74, 6) is 0.0116. The summed E-state index contributed by atoms with van der Waals surface area (Å²) < 4.78 is 5.70. The van der Waals surface area contributed by atoms with Gasteiger partial charge in [0.25, 0.3) is 5.91 Å². The molecule has 1 aliphatic rings. The van der Waals surface area contributed by atoms with Gasteiger partial charge in [0.2, 0.25) is 0 Å². The molecule has 2 N–H and O–H groups in total. The fourth-order valence-electron chi connectivity index (χ4n) is 2.64. The zero-order chi connectivity index (χ0) is 17.8. The van der Waals surface area contributed by atoms with E-state index in [0.29, 0.717) is 17.8 Å². The summed E-state index contributed by atoms with van der Waals surface area (Å²) in [7, 11) is 0. The van der Waals surface area contributed by atoms with Crippen LogP contribution in [-0.4, -0.2) is 18.2 Å². The SMILES string of the molecule is C=C/C(=C\N=CCC)Cc1ccc2oc(C3NC(=O)NC3=O)cc2c1. The van der Waals surface area contributed by atoms with Gasteiger partial charge in [-0.2, -0.15) is 0 Å². The number of furan rings is 1. The fourth-order valence-corrected chi connectivity index (χ4v) is 2.64. The Morgan fingerprint density at radius 1 is 1.36 bits per heavy atom. The quantitative estimate of drug-likeness (QED) is 0.481. The molecular weight excluding hydrogens is 318 g/mol. The number of carbonyl (C=O) groups excluding carboxylic acids is 2. The van der Waals surface area contributed by atoms with Crippen LogP contribution in [0.15, 0.2) is 58.1 Å². The largest absolute Gasteiger partial charge is 0.458 e. The maximum Gasteiger partial charge on any atom is 0.322 e. The molecule has 1 saturated heterocycles. The van der Waals surface area contributed by atoms with Crippen LogP contribution in [0.25, 0.3) is 11.0 Å². The number of fused-ring (bicyclic) bond motifs is 1. The van der Waals surface area contributed by atoms with E-state index in [1.807, 2.05) is 31.3 Å². The van der Waals surface area contributed by atoms with Crippen molar-refractivity contribution in [2.24, 2.45) is 4.99 Å². The highest BCUT2D eigenvalue weighted by Gasteiger charge is 2.33. The molecular formula is C19H19N3O3. The number of rotatable bonds is 6. The third-order valence-electron chi connectivity index (χ3n) is 3.86. The predicted octanol–water partition coefficient (Wildman–Crippen LogP) is 3.41. The highest BCUT2D eigenvalue weighted by molar-refractivity contribution is 6.04. The summed E-state index contributed by atoms with van der Waals surface area (Å²) in [5.41, 5.74) is 2.76. The second-order valence-electron chi connectivity index (χ2n) is 5.74. The van der Waals surface area contributed by atoms with Crippen LogP contribution in [0.3, 0.4) is 0 Å². The van der Waals surface area contributed by atoms with Gasteiger partial charge in [-0.3, -0.25) is 15.1 Å². The molecule has 0 aliphatic carbocycles. The highest BCUT2D eigenvalue weighted by Crippen LogP contribution is 2.27. The van der Waals surface area contributed by atoms with Crippen molar-refractivity contribution in [3.05, 3.63) is 60.0 Å². The van der Waals surface area contributed by atoms with Crippen molar-refractivity contribution in [1.29, 1.82) is 0 Å². The number of nitrogens with one attached hydrogen (secondary N) is 2. The van der Waals surface area contributed by atoms with Gasteiger partial charge in [-0.25, -0.2) is 4.79 Å². The normalized spacial score (nSPS) is 18.0. The number of hydrogen-bond donors (Lipinski definition) is 2. The van der Waals surface area contributed by atoms with E-state index in [1.54, 1.807) is 18.3 Å². The minimum absolute atomic E-state index is 0.407. The summed E-state index contributed by atoms with van der Waals surface area (Å²) in [5, 5.41) is 5.61. The van der Waals surface area contributed by atoms with E-state index in [2.05, 4.69) is 22.2 Å². The van der Waals surface area contributed by atoms with Crippen LogP contribution < -0.4 is 10.6 Å². The van der Waals surface area contributed by atoms with E-state index in [4.69, 9.17) is 4.42 Å². The Kier molecular flexibility index (Phi) is 4.79. The lowest BCUT2D eigenvalue weighted by atomic mass is 10.0. The molecule has 3 rings (SSSR count). The third kappa shape index (κ3) is 3.68. The average molecular weight is 337 g/mol. The van der Waals surface area contributed by atoms with Crippen LogP contribution in [0.4, 0.5) is 4.79 Å². The molecule has 1 unspecified atom stereocenters. The standard InChI is InChI=1S/C19H19N3O3/c1-3-7-20-11-12(4-2)8-13-5-6-15-14(9-13)10-16(25-15)17-18(23)22-19(24)21-17/h4-7,9-11,17H,2-3,8H2,1H3,(H2,21,22,23,24)/b12-11+,20-7?. The van der Waals surface area contributed by atoms with Crippen molar-refractivity contribution in [3.8, 4) is 0 Å². The summed E-state index contributed by atoms with van der Waals surface area (Å²) >= 11 is 0. The van der Waals surface area contributed by atoms with Crippen LogP contribution in [0, 0.1) is 0 Å². The number of allylic oxidation sites excluding steroid dienone is 2. The van der Waals surface area contributed by atoms with E-state index in [-0.39, 0.29) is 0 Å². The molecule has 2 heterocycles. The second kappa shape index (κ2) is 7.17. The van der Waals surface area contributed by atoms with Crippen LogP contribution in [-0.2, 0) is 11.2 Å².